The molecule has 1 atom stereocenters. The third kappa shape index (κ3) is 1.89. The zero-order valence-electron chi connectivity index (χ0n) is 10.3. The molecule has 6 heteroatoms. The number of nitrogens with zero attached hydrogens (tertiary/aromatic N) is 3. The van der Waals surface area contributed by atoms with E-state index in [2.05, 4.69) is 4.99 Å². The number of hydrogen-bond acceptors (Lipinski definition) is 4. The zero-order valence-corrected chi connectivity index (χ0v) is 10.3. The Hall–Kier alpha value is -2.24. The Labute approximate surface area is 109 Å². The van der Waals surface area contributed by atoms with Crippen LogP contribution in [0.2, 0.25) is 0 Å². The molecule has 1 fully saturated rings. The van der Waals surface area contributed by atoms with Crippen LogP contribution in [0.3, 0.4) is 0 Å². The number of likely N-dealkylation sites (N-methyl/N-ethyl adjacent to an activating group) is 1. The molecule has 0 spiro atoms. The van der Waals surface area contributed by atoms with E-state index in [1.165, 1.54) is 25.5 Å². The van der Waals surface area contributed by atoms with E-state index in [1.807, 2.05) is 0 Å². The van der Waals surface area contributed by atoms with Gasteiger partial charge in [0.1, 0.15) is 11.9 Å². The van der Waals surface area contributed by atoms with Crippen molar-refractivity contribution in [1.29, 1.82) is 0 Å². The molecule has 98 valence electrons. The summed E-state index contributed by atoms with van der Waals surface area (Å²) in [5, 5.41) is 0. The Morgan fingerprint density at radius 2 is 2.16 bits per heavy atom. The Morgan fingerprint density at radius 3 is 2.84 bits per heavy atom. The summed E-state index contributed by atoms with van der Waals surface area (Å²) in [4.78, 5) is 30.4. The molecule has 3 rings (SSSR count). The lowest BCUT2D eigenvalue weighted by atomic mass is 10.1. The SMILES string of the molecule is CN1C(=O)CC(N2C=Nc3cc(F)ccc3C2)C1=O. The van der Waals surface area contributed by atoms with Crippen molar-refractivity contribution in [3.8, 4) is 0 Å². The highest BCUT2D eigenvalue weighted by atomic mass is 19.1. The van der Waals surface area contributed by atoms with E-state index in [4.69, 9.17) is 0 Å². The second kappa shape index (κ2) is 4.15. The lowest BCUT2D eigenvalue weighted by molar-refractivity contribution is -0.137. The summed E-state index contributed by atoms with van der Waals surface area (Å²) in [6, 6.07) is 3.88. The van der Waals surface area contributed by atoms with Gasteiger partial charge in [-0.3, -0.25) is 14.5 Å². The van der Waals surface area contributed by atoms with E-state index < -0.39 is 6.04 Å². The standard InChI is InChI=1S/C13H12FN3O2/c1-16-12(18)5-11(13(16)19)17-6-8-2-3-9(14)4-10(8)15-7-17/h2-4,7,11H,5-6H2,1H3. The molecule has 1 unspecified atom stereocenters. The van der Waals surface area contributed by atoms with Crippen molar-refractivity contribution < 1.29 is 14.0 Å². The summed E-state index contributed by atoms with van der Waals surface area (Å²) in [6.45, 7) is 0.455. The maximum absolute atomic E-state index is 13.1. The number of fused-ring (bicyclic) bond motifs is 1. The highest BCUT2D eigenvalue weighted by Gasteiger charge is 2.39. The molecular formula is C13H12FN3O2. The van der Waals surface area contributed by atoms with Crippen molar-refractivity contribution in [2.75, 3.05) is 7.05 Å². The Kier molecular flexibility index (Phi) is 2.58. The summed E-state index contributed by atoms with van der Waals surface area (Å²) in [7, 11) is 1.48. The number of imide groups is 1. The molecule has 2 heterocycles. The molecule has 2 aliphatic heterocycles. The lowest BCUT2D eigenvalue weighted by Crippen LogP contribution is -2.40. The maximum Gasteiger partial charge on any atom is 0.252 e. The zero-order chi connectivity index (χ0) is 13.6. The molecule has 1 aromatic carbocycles. The van der Waals surface area contributed by atoms with Gasteiger partial charge in [0, 0.05) is 13.6 Å². The quantitative estimate of drug-likeness (QED) is 0.710. The van der Waals surface area contributed by atoms with Crippen molar-refractivity contribution in [1.82, 2.24) is 9.80 Å². The van der Waals surface area contributed by atoms with E-state index in [0.717, 1.165) is 10.5 Å². The van der Waals surface area contributed by atoms with Crippen LogP contribution in [0.5, 0.6) is 0 Å². The van der Waals surface area contributed by atoms with Crippen molar-refractivity contribution in [3.63, 3.8) is 0 Å². The van der Waals surface area contributed by atoms with Crippen LogP contribution >= 0.6 is 0 Å². The molecule has 5 nitrogen and oxygen atoms in total. The van der Waals surface area contributed by atoms with Crippen molar-refractivity contribution in [3.05, 3.63) is 29.6 Å². The third-order valence-corrected chi connectivity index (χ3v) is 3.50. The molecule has 0 saturated carbocycles. The van der Waals surface area contributed by atoms with Gasteiger partial charge < -0.3 is 4.90 Å². The first-order chi connectivity index (χ1) is 9.06. The largest absolute Gasteiger partial charge is 0.346 e. The van der Waals surface area contributed by atoms with E-state index in [9.17, 15) is 14.0 Å². The fourth-order valence-electron chi connectivity index (χ4n) is 2.35. The molecule has 0 radical (unpaired) electrons. The highest BCUT2D eigenvalue weighted by Crippen LogP contribution is 2.28. The first kappa shape index (κ1) is 11.8. The predicted octanol–water partition coefficient (Wildman–Crippen LogP) is 1.06. The van der Waals surface area contributed by atoms with Gasteiger partial charge in [-0.25, -0.2) is 9.38 Å². The number of rotatable bonds is 1. The van der Waals surface area contributed by atoms with E-state index >= 15 is 0 Å². The van der Waals surface area contributed by atoms with Crippen molar-refractivity contribution in [2.45, 2.75) is 19.0 Å². The molecule has 2 aliphatic rings. The molecule has 0 aliphatic carbocycles. The van der Waals surface area contributed by atoms with Crippen LogP contribution in [0.4, 0.5) is 10.1 Å². The van der Waals surface area contributed by atoms with Crippen LogP contribution in [0.15, 0.2) is 23.2 Å². The number of amides is 2. The van der Waals surface area contributed by atoms with Crippen molar-refractivity contribution >= 4 is 23.8 Å². The van der Waals surface area contributed by atoms with Gasteiger partial charge in [-0.2, -0.15) is 0 Å². The van der Waals surface area contributed by atoms with Gasteiger partial charge in [-0.1, -0.05) is 6.07 Å². The molecule has 1 saturated heterocycles. The minimum Gasteiger partial charge on any atom is -0.346 e. The van der Waals surface area contributed by atoms with Gasteiger partial charge in [-0.05, 0) is 17.7 Å². The maximum atomic E-state index is 13.1. The Balaban J connectivity index is 1.86. The monoisotopic (exact) mass is 261 g/mol. The molecular weight excluding hydrogens is 249 g/mol. The van der Waals surface area contributed by atoms with Gasteiger partial charge in [0.15, 0.2) is 0 Å². The summed E-state index contributed by atoms with van der Waals surface area (Å²) in [6.07, 6.45) is 1.68. The topological polar surface area (TPSA) is 53.0 Å². The third-order valence-electron chi connectivity index (χ3n) is 3.50. The highest BCUT2D eigenvalue weighted by molar-refractivity contribution is 6.06. The number of aliphatic imine (C=N–C) groups is 1. The summed E-state index contributed by atoms with van der Waals surface area (Å²) in [5.41, 5.74) is 1.42. The van der Waals surface area contributed by atoms with Crippen molar-refractivity contribution in [2.24, 2.45) is 4.99 Å². The summed E-state index contributed by atoms with van der Waals surface area (Å²) in [5.74, 6) is -0.744. The number of halogens is 1. The van der Waals surface area contributed by atoms with Gasteiger partial charge >= 0.3 is 0 Å². The van der Waals surface area contributed by atoms with E-state index in [0.29, 0.717) is 12.2 Å². The molecule has 19 heavy (non-hydrogen) atoms. The molecule has 0 N–H and O–H groups in total. The van der Waals surface area contributed by atoms with Gasteiger partial charge in [0.25, 0.3) is 5.91 Å². The Morgan fingerprint density at radius 1 is 1.37 bits per heavy atom. The second-order valence-corrected chi connectivity index (χ2v) is 4.70. The van der Waals surface area contributed by atoms with Crippen LogP contribution in [-0.4, -0.2) is 41.0 Å². The lowest BCUT2D eigenvalue weighted by Gasteiger charge is -2.28. The minimum absolute atomic E-state index is 0.165. The molecule has 2 amide bonds. The Bertz CT molecular complexity index is 600. The minimum atomic E-state index is -0.501. The summed E-state index contributed by atoms with van der Waals surface area (Å²) < 4.78 is 13.1. The van der Waals surface area contributed by atoms with Crippen LogP contribution in [0.25, 0.3) is 0 Å². The fourth-order valence-corrected chi connectivity index (χ4v) is 2.35. The van der Waals surface area contributed by atoms with Crippen LogP contribution in [0.1, 0.15) is 12.0 Å². The normalized spacial score (nSPS) is 22.1. The molecule has 1 aromatic rings. The summed E-state index contributed by atoms with van der Waals surface area (Å²) >= 11 is 0. The van der Waals surface area contributed by atoms with Gasteiger partial charge in [0.05, 0.1) is 18.4 Å². The first-order valence-electron chi connectivity index (χ1n) is 5.95. The second-order valence-electron chi connectivity index (χ2n) is 4.70. The first-order valence-corrected chi connectivity index (χ1v) is 5.95. The molecule has 0 bridgehead atoms. The number of carbonyl (C=O) groups excluding carboxylic acids is 2. The predicted molar refractivity (Wildman–Crippen MR) is 66.3 cm³/mol. The average Bonchev–Trinajstić information content (AvgIpc) is 2.66. The van der Waals surface area contributed by atoms with Crippen LogP contribution in [0, 0.1) is 5.82 Å². The number of hydrogen-bond donors (Lipinski definition) is 0. The van der Waals surface area contributed by atoms with E-state index in [-0.39, 0.29) is 24.1 Å². The average molecular weight is 261 g/mol. The smallest absolute Gasteiger partial charge is 0.252 e. The fraction of sp³-hybridized carbons (Fsp3) is 0.308. The number of carbonyl (C=O) groups is 2. The number of benzene rings is 1. The van der Waals surface area contributed by atoms with E-state index in [1.54, 1.807) is 11.0 Å². The van der Waals surface area contributed by atoms with Gasteiger partial charge in [0.2, 0.25) is 5.91 Å². The van der Waals surface area contributed by atoms with Crippen LogP contribution in [-0.2, 0) is 16.1 Å². The molecule has 0 aromatic heterocycles. The van der Waals surface area contributed by atoms with Gasteiger partial charge in [-0.15, -0.1) is 0 Å². The van der Waals surface area contributed by atoms with Crippen LogP contribution < -0.4 is 0 Å². The number of likely N-dealkylation sites (tertiary alicyclic amines) is 1.